The molecule has 0 bridgehead atoms. The SMILES string of the molecule is CN(C)c1cccc(-n2cc(CSc3cc(N)nc4n[nH]nc34)c(C(F)(F)F)n2)n1. The van der Waals surface area contributed by atoms with Crippen molar-refractivity contribution >= 4 is 34.6 Å². The summed E-state index contributed by atoms with van der Waals surface area (Å²) in [6, 6.07) is 6.61. The number of hydrogen-bond acceptors (Lipinski definition) is 8. The maximum absolute atomic E-state index is 13.6. The van der Waals surface area contributed by atoms with Gasteiger partial charge in [-0.1, -0.05) is 6.07 Å². The number of nitrogen functional groups attached to an aromatic ring is 1. The smallest absolute Gasteiger partial charge is 0.384 e. The molecule has 0 unspecified atom stereocenters. The summed E-state index contributed by atoms with van der Waals surface area (Å²) in [5.74, 6) is 1.09. The van der Waals surface area contributed by atoms with Crippen molar-refractivity contribution in [1.82, 2.24) is 35.2 Å². The van der Waals surface area contributed by atoms with E-state index in [0.29, 0.717) is 21.9 Å². The molecular weight excluding hydrogens is 419 g/mol. The Balaban J connectivity index is 1.69. The van der Waals surface area contributed by atoms with Crippen molar-refractivity contribution in [3.63, 3.8) is 0 Å². The number of aromatic nitrogens is 7. The van der Waals surface area contributed by atoms with Crippen LogP contribution < -0.4 is 10.6 Å². The lowest BCUT2D eigenvalue weighted by Crippen LogP contribution is -2.12. The molecule has 0 spiro atoms. The van der Waals surface area contributed by atoms with E-state index in [4.69, 9.17) is 5.73 Å². The minimum absolute atomic E-state index is 0.00632. The molecule has 0 fully saturated rings. The predicted molar refractivity (Wildman–Crippen MR) is 106 cm³/mol. The fourth-order valence-electron chi connectivity index (χ4n) is 2.75. The molecule has 4 heterocycles. The number of halogens is 3. The Morgan fingerprint density at radius 3 is 2.73 bits per heavy atom. The number of aromatic amines is 1. The monoisotopic (exact) mass is 435 g/mol. The van der Waals surface area contributed by atoms with Gasteiger partial charge >= 0.3 is 6.18 Å². The van der Waals surface area contributed by atoms with Gasteiger partial charge in [-0.05, 0) is 18.2 Å². The third-order valence-electron chi connectivity index (χ3n) is 4.13. The average Bonchev–Trinajstić information content (AvgIpc) is 3.32. The zero-order chi connectivity index (χ0) is 21.5. The number of nitrogens with zero attached hydrogens (tertiary/aromatic N) is 7. The van der Waals surface area contributed by atoms with Crippen molar-refractivity contribution in [3.8, 4) is 5.82 Å². The van der Waals surface area contributed by atoms with Crippen LogP contribution in [-0.2, 0) is 11.9 Å². The van der Waals surface area contributed by atoms with Crippen LogP contribution in [0.1, 0.15) is 11.3 Å². The van der Waals surface area contributed by atoms with Gasteiger partial charge in [0.1, 0.15) is 17.2 Å². The molecular formula is C17H16F3N9S. The van der Waals surface area contributed by atoms with E-state index >= 15 is 0 Å². The molecule has 3 N–H and O–H groups in total. The van der Waals surface area contributed by atoms with E-state index in [1.165, 1.54) is 6.20 Å². The van der Waals surface area contributed by atoms with Gasteiger partial charge in [-0.3, -0.25) is 0 Å². The molecule has 156 valence electrons. The Labute approximate surface area is 172 Å². The highest BCUT2D eigenvalue weighted by Gasteiger charge is 2.37. The van der Waals surface area contributed by atoms with Crippen LogP contribution >= 0.6 is 11.8 Å². The minimum atomic E-state index is -4.61. The Kier molecular flexibility index (Phi) is 4.97. The van der Waals surface area contributed by atoms with Crippen molar-refractivity contribution in [2.75, 3.05) is 24.7 Å². The summed E-state index contributed by atoms with van der Waals surface area (Å²) in [6.07, 6.45) is -3.27. The third-order valence-corrected chi connectivity index (χ3v) is 5.21. The molecule has 0 saturated heterocycles. The van der Waals surface area contributed by atoms with Gasteiger partial charge < -0.3 is 10.6 Å². The Morgan fingerprint density at radius 1 is 1.20 bits per heavy atom. The van der Waals surface area contributed by atoms with E-state index in [1.807, 2.05) is 0 Å². The number of hydrogen-bond donors (Lipinski definition) is 2. The van der Waals surface area contributed by atoms with Crippen LogP contribution in [0.5, 0.6) is 0 Å². The summed E-state index contributed by atoms with van der Waals surface area (Å²) in [7, 11) is 3.59. The average molecular weight is 435 g/mol. The van der Waals surface area contributed by atoms with Gasteiger partial charge in [0.2, 0.25) is 5.65 Å². The molecule has 0 aliphatic carbocycles. The number of nitrogens with one attached hydrogen (secondary N) is 1. The zero-order valence-corrected chi connectivity index (χ0v) is 16.7. The van der Waals surface area contributed by atoms with Crippen LogP contribution in [0.4, 0.5) is 24.8 Å². The fourth-order valence-corrected chi connectivity index (χ4v) is 3.75. The van der Waals surface area contributed by atoms with Crippen LogP contribution in [-0.4, -0.2) is 49.3 Å². The molecule has 13 heteroatoms. The number of rotatable bonds is 5. The van der Waals surface area contributed by atoms with E-state index in [9.17, 15) is 13.2 Å². The predicted octanol–water partition coefficient (Wildman–Crippen LogP) is 2.89. The first-order chi connectivity index (χ1) is 14.2. The highest BCUT2D eigenvalue weighted by molar-refractivity contribution is 7.98. The molecule has 0 aliphatic heterocycles. The lowest BCUT2D eigenvalue weighted by Gasteiger charge is -2.12. The molecule has 0 aromatic carbocycles. The summed E-state index contributed by atoms with van der Waals surface area (Å²) in [5, 5.41) is 14.1. The molecule has 0 aliphatic rings. The summed E-state index contributed by atoms with van der Waals surface area (Å²) in [4.78, 5) is 10.7. The van der Waals surface area contributed by atoms with Gasteiger partial charge in [0.15, 0.2) is 11.5 Å². The number of anilines is 2. The topological polar surface area (TPSA) is 114 Å². The number of pyridine rings is 2. The van der Waals surface area contributed by atoms with Crippen molar-refractivity contribution < 1.29 is 13.2 Å². The zero-order valence-electron chi connectivity index (χ0n) is 15.8. The van der Waals surface area contributed by atoms with E-state index in [1.54, 1.807) is 43.3 Å². The molecule has 4 aromatic rings. The summed E-state index contributed by atoms with van der Waals surface area (Å²) < 4.78 is 42.0. The third kappa shape index (κ3) is 3.87. The second kappa shape index (κ2) is 7.48. The van der Waals surface area contributed by atoms with Crippen molar-refractivity contribution in [2.24, 2.45) is 0 Å². The first-order valence-corrected chi connectivity index (χ1v) is 9.61. The first kappa shape index (κ1) is 19.9. The molecule has 9 nitrogen and oxygen atoms in total. The van der Waals surface area contributed by atoms with Crippen molar-refractivity contribution in [2.45, 2.75) is 16.8 Å². The Bertz CT molecular complexity index is 1200. The quantitative estimate of drug-likeness (QED) is 0.460. The summed E-state index contributed by atoms with van der Waals surface area (Å²) in [5.41, 5.74) is 5.54. The van der Waals surface area contributed by atoms with Gasteiger partial charge in [-0.25, -0.2) is 14.6 Å². The molecule has 4 rings (SSSR count). The molecule has 0 radical (unpaired) electrons. The number of H-pyrrole nitrogens is 1. The van der Waals surface area contributed by atoms with Gasteiger partial charge in [-0.2, -0.15) is 28.6 Å². The highest BCUT2D eigenvalue weighted by atomic mass is 32.2. The van der Waals surface area contributed by atoms with E-state index < -0.39 is 11.9 Å². The lowest BCUT2D eigenvalue weighted by atomic mass is 10.3. The van der Waals surface area contributed by atoms with Gasteiger partial charge in [0.05, 0.1) is 0 Å². The maximum atomic E-state index is 13.6. The van der Waals surface area contributed by atoms with Crippen LogP contribution in [0.3, 0.4) is 0 Å². The number of alkyl halides is 3. The maximum Gasteiger partial charge on any atom is 0.435 e. The minimum Gasteiger partial charge on any atom is -0.384 e. The van der Waals surface area contributed by atoms with Gasteiger partial charge in [-0.15, -0.1) is 16.9 Å². The van der Waals surface area contributed by atoms with Crippen molar-refractivity contribution in [1.29, 1.82) is 0 Å². The standard InChI is InChI=1S/C17H16F3N9S/c1-28(2)12-4-3-5-13(23-12)29-7-9(15(26-29)17(18,19)20)8-30-10-6-11(21)22-16-14(10)24-27-25-16/h3-7H,8H2,1-2H3,(H3,21,22,24,25,27). The summed E-state index contributed by atoms with van der Waals surface area (Å²) >= 11 is 1.14. The van der Waals surface area contributed by atoms with Crippen LogP contribution in [0, 0.1) is 0 Å². The van der Waals surface area contributed by atoms with E-state index in [-0.39, 0.29) is 23.0 Å². The fraction of sp³-hybridized carbons (Fsp3) is 0.235. The molecule has 30 heavy (non-hydrogen) atoms. The van der Waals surface area contributed by atoms with Crippen LogP contribution in [0.2, 0.25) is 0 Å². The number of nitrogens with two attached hydrogens (primary N) is 1. The highest BCUT2D eigenvalue weighted by Crippen LogP contribution is 2.36. The molecule has 4 aromatic heterocycles. The molecule has 0 saturated carbocycles. The normalized spacial score (nSPS) is 11.9. The van der Waals surface area contributed by atoms with E-state index in [2.05, 4.69) is 30.5 Å². The Morgan fingerprint density at radius 2 is 2.00 bits per heavy atom. The number of thioether (sulfide) groups is 1. The second-order valence-electron chi connectivity index (χ2n) is 6.52. The summed E-state index contributed by atoms with van der Waals surface area (Å²) in [6.45, 7) is 0. The van der Waals surface area contributed by atoms with Crippen molar-refractivity contribution in [3.05, 3.63) is 41.7 Å². The van der Waals surface area contributed by atoms with Crippen LogP contribution in [0.15, 0.2) is 35.4 Å². The Hall–Kier alpha value is -3.35. The largest absolute Gasteiger partial charge is 0.435 e. The first-order valence-electron chi connectivity index (χ1n) is 8.62. The lowest BCUT2D eigenvalue weighted by molar-refractivity contribution is -0.141. The van der Waals surface area contributed by atoms with E-state index in [0.717, 1.165) is 16.4 Å². The van der Waals surface area contributed by atoms with Gasteiger partial charge in [0, 0.05) is 36.5 Å². The van der Waals surface area contributed by atoms with Crippen LogP contribution in [0.25, 0.3) is 17.0 Å². The molecule has 0 atom stereocenters. The van der Waals surface area contributed by atoms with Gasteiger partial charge in [0.25, 0.3) is 0 Å². The molecule has 0 amide bonds. The number of fused-ring (bicyclic) bond motifs is 1. The second-order valence-corrected chi connectivity index (χ2v) is 7.54.